The topological polar surface area (TPSA) is 238 Å². The normalized spacial score (nSPS) is 22.7. The Morgan fingerprint density at radius 2 is 1.62 bits per heavy atom. The first kappa shape index (κ1) is 43.1. The van der Waals surface area contributed by atoms with E-state index >= 15 is 0 Å². The highest BCUT2D eigenvalue weighted by molar-refractivity contribution is 5.97. The fourth-order valence-corrected chi connectivity index (χ4v) is 4.70. The summed E-state index contributed by atoms with van der Waals surface area (Å²) in [6, 6.07) is 5.95. The molecule has 0 bridgehead atoms. The van der Waals surface area contributed by atoms with Crippen molar-refractivity contribution in [3.63, 3.8) is 0 Å². The van der Waals surface area contributed by atoms with E-state index in [2.05, 4.69) is 26.3 Å². The largest absolute Gasteiger partial charge is 0.490 e. The molecule has 2 rings (SSSR count). The second-order valence-electron chi connectivity index (χ2n) is 12.3. The molecule has 9 N–H and O–H groups in total. The molecule has 5 amide bonds. The van der Waals surface area contributed by atoms with Crippen LogP contribution in [0.15, 0.2) is 35.3 Å². The number of carbonyl (C=O) groups is 6. The van der Waals surface area contributed by atoms with Crippen molar-refractivity contribution in [3.05, 3.63) is 35.9 Å². The van der Waals surface area contributed by atoms with Crippen LogP contribution in [0.2, 0.25) is 0 Å². The average molecular weight is 715 g/mol. The van der Waals surface area contributed by atoms with Crippen molar-refractivity contribution in [3.8, 4) is 0 Å². The number of carbonyl (C=O) groups excluding carboxylic acids is 5. The summed E-state index contributed by atoms with van der Waals surface area (Å²) in [5, 5.41) is 18.4. The Hall–Kier alpha value is -4.90. The molecule has 0 aromatic heterocycles. The number of guanidine groups is 1. The van der Waals surface area contributed by atoms with E-state index in [0.717, 1.165) is 0 Å². The third-order valence-electron chi connectivity index (χ3n) is 7.74. The van der Waals surface area contributed by atoms with E-state index in [1.807, 2.05) is 6.07 Å². The van der Waals surface area contributed by atoms with E-state index in [-0.39, 0.29) is 49.5 Å². The smallest absolute Gasteiger partial charge is 0.475 e. The van der Waals surface area contributed by atoms with Crippen LogP contribution in [-0.2, 0) is 28.8 Å². The van der Waals surface area contributed by atoms with Gasteiger partial charge in [-0.25, -0.2) is 4.79 Å². The van der Waals surface area contributed by atoms with Gasteiger partial charge in [0.05, 0.1) is 0 Å². The van der Waals surface area contributed by atoms with Crippen LogP contribution >= 0.6 is 0 Å². The quantitative estimate of drug-likeness (QED) is 0.116. The van der Waals surface area contributed by atoms with Gasteiger partial charge in [0.2, 0.25) is 29.5 Å². The second-order valence-corrected chi connectivity index (χ2v) is 12.3. The molecule has 0 aliphatic carbocycles. The molecule has 50 heavy (non-hydrogen) atoms. The summed E-state index contributed by atoms with van der Waals surface area (Å²) < 4.78 is 31.7. The first-order chi connectivity index (χ1) is 23.2. The summed E-state index contributed by atoms with van der Waals surface area (Å²) in [5.41, 5.74) is 10.1. The number of nitrogens with one attached hydrogen (secondary N) is 4. The molecule has 1 aliphatic heterocycles. The summed E-state index contributed by atoms with van der Waals surface area (Å²) in [7, 11) is 1.66. The summed E-state index contributed by atoms with van der Waals surface area (Å²) in [4.78, 5) is 81.4. The van der Waals surface area contributed by atoms with Crippen LogP contribution in [0.25, 0.3) is 0 Å². The lowest BCUT2D eigenvalue weighted by atomic mass is 9.91. The molecule has 0 radical (unpaired) electrons. The molecular formula is C32H49F3N8O7. The van der Waals surface area contributed by atoms with Gasteiger partial charge in [0, 0.05) is 26.1 Å². The van der Waals surface area contributed by atoms with Crippen molar-refractivity contribution in [2.75, 3.05) is 20.1 Å². The molecule has 0 spiro atoms. The molecule has 18 heteroatoms. The Morgan fingerprint density at radius 1 is 1.04 bits per heavy atom. The fourth-order valence-electron chi connectivity index (χ4n) is 4.70. The maximum Gasteiger partial charge on any atom is 0.490 e. The van der Waals surface area contributed by atoms with Gasteiger partial charge in [-0.2, -0.15) is 13.2 Å². The third-order valence-corrected chi connectivity index (χ3v) is 7.74. The molecule has 1 aromatic rings. The van der Waals surface area contributed by atoms with Crippen LogP contribution in [0, 0.1) is 5.92 Å². The molecular weight excluding hydrogens is 665 g/mol. The van der Waals surface area contributed by atoms with Crippen molar-refractivity contribution >= 4 is 41.5 Å². The van der Waals surface area contributed by atoms with Gasteiger partial charge in [-0.15, -0.1) is 0 Å². The minimum Gasteiger partial charge on any atom is -0.475 e. The molecule has 280 valence electrons. The van der Waals surface area contributed by atoms with E-state index in [1.54, 1.807) is 63.9 Å². The second kappa shape index (κ2) is 19.9. The van der Waals surface area contributed by atoms with Crippen molar-refractivity contribution in [1.29, 1.82) is 0 Å². The van der Waals surface area contributed by atoms with Crippen LogP contribution < -0.4 is 32.7 Å². The van der Waals surface area contributed by atoms with Crippen molar-refractivity contribution < 1.29 is 47.0 Å². The number of benzene rings is 1. The Morgan fingerprint density at radius 3 is 2.14 bits per heavy atom. The molecule has 15 nitrogen and oxygen atoms in total. The maximum absolute atomic E-state index is 13.7. The number of carboxylic acid groups (broad SMARTS) is 1. The van der Waals surface area contributed by atoms with Gasteiger partial charge in [0.25, 0.3) is 0 Å². The van der Waals surface area contributed by atoms with Crippen LogP contribution in [0.1, 0.15) is 77.8 Å². The number of nitrogens with zero attached hydrogens (tertiary/aromatic N) is 2. The summed E-state index contributed by atoms with van der Waals surface area (Å²) in [6.07, 6.45) is -2.99. The number of nitrogens with two attached hydrogens (primary N) is 2. The molecule has 1 saturated heterocycles. The minimum atomic E-state index is -5.08. The number of halogens is 3. The Labute approximate surface area is 289 Å². The zero-order chi connectivity index (χ0) is 38.2. The van der Waals surface area contributed by atoms with Crippen LogP contribution in [0.5, 0.6) is 0 Å². The zero-order valence-electron chi connectivity index (χ0n) is 28.9. The Kier molecular flexibility index (Phi) is 17.2. The molecule has 4 atom stereocenters. The number of carboxylic acids is 1. The lowest BCUT2D eigenvalue weighted by molar-refractivity contribution is -0.192. The number of rotatable bonds is 8. The van der Waals surface area contributed by atoms with Gasteiger partial charge < -0.3 is 42.7 Å². The van der Waals surface area contributed by atoms with Gasteiger partial charge in [-0.05, 0) is 51.0 Å². The Balaban J connectivity index is 0.00000161. The van der Waals surface area contributed by atoms with Crippen molar-refractivity contribution in [2.45, 2.75) is 96.1 Å². The highest BCUT2D eigenvalue weighted by atomic mass is 19.4. The van der Waals surface area contributed by atoms with Gasteiger partial charge in [0.15, 0.2) is 5.96 Å². The first-order valence-corrected chi connectivity index (χ1v) is 16.1. The number of amides is 5. The molecule has 1 heterocycles. The summed E-state index contributed by atoms with van der Waals surface area (Å²) >= 11 is 0. The van der Waals surface area contributed by atoms with Gasteiger partial charge >= 0.3 is 12.1 Å². The van der Waals surface area contributed by atoms with Gasteiger partial charge in [-0.3, -0.25) is 29.0 Å². The number of hydrogen-bond donors (Lipinski definition) is 7. The van der Waals surface area contributed by atoms with Crippen molar-refractivity contribution in [1.82, 2.24) is 26.2 Å². The lowest BCUT2D eigenvalue weighted by Gasteiger charge is -2.33. The SMILES string of the molecule is CC[C@@H]1NC(=O)[C@H](CCCN=C(N)N)NC(=O)[C@](C)(NC(=O)C(C)C)CCCCN(C)C(=O)[C@@H](c2ccccc2)NC1=O.O=C(O)C(F)(F)F. The van der Waals surface area contributed by atoms with E-state index in [4.69, 9.17) is 21.4 Å². The fraction of sp³-hybridized carbons (Fsp3) is 0.594. The van der Waals surface area contributed by atoms with E-state index in [1.165, 1.54) is 0 Å². The minimum absolute atomic E-state index is 0.0914. The summed E-state index contributed by atoms with van der Waals surface area (Å²) in [5.74, 6) is -5.46. The standard InChI is InChI=1S/C30H48N8O5.C2HF3O2/c1-6-21-25(40)36-23(20-13-8-7-9-14-20)27(42)38(5)18-11-10-16-30(4,37-24(39)19(2)3)28(43)35-22(26(41)34-21)15-12-17-33-29(31)32;3-2(4,5)1(6)7/h7-9,13-14,19,21-23H,6,10-12,15-18H2,1-5H3,(H,34,41)(H,35,43)(H,36,40)(H,37,39)(H4,31,32,33);(H,6,7)/t21-,22-,23+,30+;/m0./s1. The van der Waals surface area contributed by atoms with E-state index in [9.17, 15) is 37.1 Å². The molecule has 1 aromatic carbocycles. The Bertz CT molecular complexity index is 1360. The van der Waals surface area contributed by atoms with Crippen molar-refractivity contribution in [2.24, 2.45) is 22.4 Å². The third kappa shape index (κ3) is 14.3. The summed E-state index contributed by atoms with van der Waals surface area (Å²) in [6.45, 7) is 7.42. The molecule has 0 saturated carbocycles. The number of hydrogen-bond acceptors (Lipinski definition) is 7. The lowest BCUT2D eigenvalue weighted by Crippen LogP contribution is -2.62. The van der Waals surface area contributed by atoms with E-state index in [0.29, 0.717) is 31.4 Å². The monoisotopic (exact) mass is 714 g/mol. The number of aliphatic carboxylic acids is 1. The molecule has 1 aliphatic rings. The van der Waals surface area contributed by atoms with Crippen LogP contribution in [0.4, 0.5) is 13.2 Å². The van der Waals surface area contributed by atoms with Gasteiger partial charge in [-0.1, -0.05) is 51.1 Å². The number of aliphatic imine (C=N–C) groups is 1. The molecule has 0 unspecified atom stereocenters. The number of alkyl halides is 3. The van der Waals surface area contributed by atoms with Crippen LogP contribution in [-0.4, -0.2) is 95.4 Å². The average Bonchev–Trinajstić information content (AvgIpc) is 3.04. The predicted octanol–water partition coefficient (Wildman–Crippen LogP) is 1.08. The first-order valence-electron chi connectivity index (χ1n) is 16.1. The predicted molar refractivity (Wildman–Crippen MR) is 178 cm³/mol. The number of likely N-dealkylation sites (N-methyl/N-ethyl adjacent to an activating group) is 1. The van der Waals surface area contributed by atoms with Crippen LogP contribution in [0.3, 0.4) is 0 Å². The zero-order valence-corrected chi connectivity index (χ0v) is 28.9. The highest BCUT2D eigenvalue weighted by Gasteiger charge is 2.39. The van der Waals surface area contributed by atoms with Gasteiger partial charge in [0.1, 0.15) is 23.7 Å². The highest BCUT2D eigenvalue weighted by Crippen LogP contribution is 2.20. The maximum atomic E-state index is 13.7. The van der Waals surface area contributed by atoms with E-state index < -0.39 is 53.5 Å². The molecule has 1 fully saturated rings.